The second-order valence-corrected chi connectivity index (χ2v) is 11.6. The highest BCUT2D eigenvalue weighted by molar-refractivity contribution is 6.30. The number of ketones is 1. The number of aromatic nitrogens is 1. The third-order valence-corrected chi connectivity index (χ3v) is 7.05. The Morgan fingerprint density at radius 2 is 1.91 bits per heavy atom. The van der Waals surface area contributed by atoms with Crippen LogP contribution in [0.4, 0.5) is 4.79 Å². The SMILES string of the molecule is CC(C)(C)Oc1cc(C(=O)CC(N)=O)ccc1C1=N[C@@H](c2ccc(Cl)cc2)[C@@H](c2ncco2)N1C(=O)N1CCNC(=O)C1. The van der Waals surface area contributed by atoms with E-state index in [1.807, 2.05) is 32.9 Å². The van der Waals surface area contributed by atoms with Crippen LogP contribution in [0.25, 0.3) is 0 Å². The molecule has 43 heavy (non-hydrogen) atoms. The molecule has 1 saturated heterocycles. The molecule has 2 aliphatic rings. The van der Waals surface area contributed by atoms with Crippen LogP contribution in [-0.4, -0.2) is 69.5 Å². The number of nitrogens with two attached hydrogens (primary N) is 1. The molecule has 12 nitrogen and oxygen atoms in total. The van der Waals surface area contributed by atoms with E-state index in [2.05, 4.69) is 10.3 Å². The number of piperazine rings is 1. The zero-order chi connectivity index (χ0) is 30.9. The van der Waals surface area contributed by atoms with Crippen LogP contribution < -0.4 is 15.8 Å². The van der Waals surface area contributed by atoms with Crippen LogP contribution in [0.2, 0.25) is 5.02 Å². The molecule has 4 amide bonds. The normalized spacial score (nSPS) is 18.7. The van der Waals surface area contributed by atoms with Gasteiger partial charge in [0.1, 0.15) is 42.1 Å². The van der Waals surface area contributed by atoms with Gasteiger partial charge in [-0.15, -0.1) is 0 Å². The van der Waals surface area contributed by atoms with Gasteiger partial charge in [-0.25, -0.2) is 9.78 Å². The maximum atomic E-state index is 14.3. The lowest BCUT2D eigenvalue weighted by molar-refractivity contribution is -0.123. The summed E-state index contributed by atoms with van der Waals surface area (Å²) in [6.07, 6.45) is 2.43. The Bertz CT molecular complexity index is 1580. The second kappa shape index (κ2) is 11.9. The van der Waals surface area contributed by atoms with Crippen LogP contribution in [0.1, 0.15) is 66.7 Å². The first-order chi connectivity index (χ1) is 20.4. The lowest BCUT2D eigenvalue weighted by Gasteiger charge is -2.34. The Morgan fingerprint density at radius 1 is 1.16 bits per heavy atom. The van der Waals surface area contributed by atoms with Gasteiger partial charge in [0.2, 0.25) is 17.7 Å². The molecule has 224 valence electrons. The molecule has 13 heteroatoms. The summed E-state index contributed by atoms with van der Waals surface area (Å²) in [6.45, 7) is 5.96. The smallest absolute Gasteiger partial charge is 0.327 e. The van der Waals surface area contributed by atoms with Crippen molar-refractivity contribution in [1.82, 2.24) is 20.1 Å². The maximum Gasteiger partial charge on any atom is 0.327 e. The Labute approximate surface area is 252 Å². The molecule has 1 fully saturated rings. The largest absolute Gasteiger partial charge is 0.487 e. The van der Waals surface area contributed by atoms with Crippen LogP contribution in [0.3, 0.4) is 0 Å². The first kappa shape index (κ1) is 29.8. The van der Waals surface area contributed by atoms with E-state index in [9.17, 15) is 19.2 Å². The van der Waals surface area contributed by atoms with Gasteiger partial charge in [-0.1, -0.05) is 29.8 Å². The van der Waals surface area contributed by atoms with E-state index < -0.39 is 41.8 Å². The number of ether oxygens (including phenoxy) is 1. The molecule has 1 aromatic heterocycles. The number of Topliss-reactive ketones (excluding diaryl/α,β-unsaturated/α-hetero) is 1. The number of amides is 4. The van der Waals surface area contributed by atoms with Gasteiger partial charge in [0.05, 0.1) is 18.2 Å². The monoisotopic (exact) mass is 606 g/mol. The number of rotatable bonds is 7. The topological polar surface area (TPSA) is 160 Å². The third kappa shape index (κ3) is 6.54. The zero-order valence-corrected chi connectivity index (χ0v) is 24.6. The summed E-state index contributed by atoms with van der Waals surface area (Å²) in [4.78, 5) is 63.1. The molecule has 0 aliphatic carbocycles. The number of carbonyl (C=O) groups excluding carboxylic acids is 4. The van der Waals surface area contributed by atoms with E-state index in [-0.39, 0.29) is 42.0 Å². The number of aliphatic imine (C=N–C) groups is 1. The van der Waals surface area contributed by atoms with Gasteiger partial charge >= 0.3 is 6.03 Å². The minimum Gasteiger partial charge on any atom is -0.487 e. The van der Waals surface area contributed by atoms with Crippen molar-refractivity contribution in [2.24, 2.45) is 10.7 Å². The van der Waals surface area contributed by atoms with E-state index in [0.717, 1.165) is 5.56 Å². The molecule has 0 saturated carbocycles. The van der Waals surface area contributed by atoms with E-state index in [1.54, 1.807) is 18.2 Å². The molecule has 0 spiro atoms. The zero-order valence-electron chi connectivity index (χ0n) is 23.9. The fraction of sp³-hybridized carbons (Fsp3) is 0.333. The van der Waals surface area contributed by atoms with Gasteiger partial charge in [-0.3, -0.25) is 24.3 Å². The first-order valence-electron chi connectivity index (χ1n) is 13.6. The quantitative estimate of drug-likeness (QED) is 0.306. The summed E-state index contributed by atoms with van der Waals surface area (Å²) >= 11 is 6.18. The summed E-state index contributed by atoms with van der Waals surface area (Å²) in [7, 11) is 0. The van der Waals surface area contributed by atoms with Gasteiger partial charge in [-0.2, -0.15) is 0 Å². The number of primary amides is 1. The number of halogens is 1. The molecule has 2 aliphatic heterocycles. The molecule has 3 aromatic rings. The predicted octanol–water partition coefficient (Wildman–Crippen LogP) is 3.66. The molecule has 5 rings (SSSR count). The van der Waals surface area contributed by atoms with Gasteiger partial charge in [-0.05, 0) is 50.6 Å². The molecule has 0 radical (unpaired) electrons. The first-order valence-corrected chi connectivity index (χ1v) is 14.0. The molecular weight excluding hydrogens is 576 g/mol. The fourth-order valence-corrected chi connectivity index (χ4v) is 5.12. The van der Waals surface area contributed by atoms with E-state index in [0.29, 0.717) is 17.1 Å². The third-order valence-electron chi connectivity index (χ3n) is 6.79. The lowest BCUT2D eigenvalue weighted by Crippen LogP contribution is -2.55. The van der Waals surface area contributed by atoms with Gasteiger partial charge in [0, 0.05) is 23.7 Å². The standard InChI is InChI=1S/C30H31ClN6O6/c1-30(2,3)43-22-14-18(21(38)15-23(32)39)6-9-20(22)27-35-25(17-4-7-19(31)8-5-17)26(28-34-11-13-42-28)37(27)29(41)36-12-10-33-24(40)16-36/h4-9,11,13-14,25-26H,10,12,15-16H2,1-3H3,(H2,32,39)(H,33,40)/t25-,26-/m0/s1. The van der Waals surface area contributed by atoms with E-state index in [1.165, 1.54) is 34.4 Å². The highest BCUT2D eigenvalue weighted by Gasteiger charge is 2.47. The number of hydrogen-bond acceptors (Lipinski definition) is 8. The van der Waals surface area contributed by atoms with Crippen LogP contribution in [0, 0.1) is 0 Å². The molecule has 0 unspecified atom stereocenters. The van der Waals surface area contributed by atoms with Crippen molar-refractivity contribution in [3.05, 3.63) is 82.5 Å². The summed E-state index contributed by atoms with van der Waals surface area (Å²) in [5.74, 6) is -0.788. The Balaban J connectivity index is 1.69. The average molecular weight is 607 g/mol. The fourth-order valence-electron chi connectivity index (χ4n) is 5.00. The Kier molecular flexibility index (Phi) is 8.23. The predicted molar refractivity (Wildman–Crippen MR) is 157 cm³/mol. The van der Waals surface area contributed by atoms with Gasteiger partial charge in [0.15, 0.2) is 5.78 Å². The molecular formula is C30H31ClN6O6. The van der Waals surface area contributed by atoms with Gasteiger partial charge < -0.3 is 25.1 Å². The highest BCUT2D eigenvalue weighted by Crippen LogP contribution is 2.45. The lowest BCUT2D eigenvalue weighted by atomic mass is 9.99. The van der Waals surface area contributed by atoms with Crippen molar-refractivity contribution in [2.75, 3.05) is 19.6 Å². The number of hydrogen-bond donors (Lipinski definition) is 2. The van der Waals surface area contributed by atoms with Crippen LogP contribution in [0.5, 0.6) is 5.75 Å². The Morgan fingerprint density at radius 3 is 2.53 bits per heavy atom. The number of oxazole rings is 1. The number of amidine groups is 1. The molecule has 3 heterocycles. The highest BCUT2D eigenvalue weighted by atomic mass is 35.5. The van der Waals surface area contributed by atoms with Crippen LogP contribution >= 0.6 is 11.6 Å². The molecule has 3 N–H and O–H groups in total. The molecule has 0 bridgehead atoms. The van der Waals surface area contributed by atoms with Crippen molar-refractivity contribution >= 4 is 41.1 Å². The number of nitrogens with one attached hydrogen (secondary N) is 1. The van der Waals surface area contributed by atoms with Crippen molar-refractivity contribution < 1.29 is 28.3 Å². The van der Waals surface area contributed by atoms with Crippen molar-refractivity contribution in [3.8, 4) is 5.75 Å². The number of carbonyl (C=O) groups is 4. The van der Waals surface area contributed by atoms with E-state index >= 15 is 0 Å². The summed E-state index contributed by atoms with van der Waals surface area (Å²) in [5, 5.41) is 3.26. The summed E-state index contributed by atoms with van der Waals surface area (Å²) in [5.41, 5.74) is 5.91. The second-order valence-electron chi connectivity index (χ2n) is 11.2. The minimum atomic E-state index is -0.831. The van der Waals surface area contributed by atoms with E-state index in [4.69, 9.17) is 31.5 Å². The summed E-state index contributed by atoms with van der Waals surface area (Å²) in [6, 6.07) is 9.76. The van der Waals surface area contributed by atoms with Crippen molar-refractivity contribution in [2.45, 2.75) is 44.9 Å². The maximum absolute atomic E-state index is 14.3. The van der Waals surface area contributed by atoms with Crippen molar-refractivity contribution in [1.29, 1.82) is 0 Å². The molecule has 2 atom stereocenters. The van der Waals surface area contributed by atoms with Crippen molar-refractivity contribution in [3.63, 3.8) is 0 Å². The number of nitrogens with zero attached hydrogens (tertiary/aromatic N) is 4. The summed E-state index contributed by atoms with van der Waals surface area (Å²) < 4.78 is 12.0. The Hall–Kier alpha value is -4.71. The molecule has 2 aromatic carbocycles. The van der Waals surface area contributed by atoms with Crippen LogP contribution in [-0.2, 0) is 9.59 Å². The number of urea groups is 1. The van der Waals surface area contributed by atoms with Crippen LogP contribution in [0.15, 0.2) is 64.3 Å². The number of benzene rings is 2. The average Bonchev–Trinajstić information content (AvgIpc) is 3.60. The minimum absolute atomic E-state index is 0.140. The van der Waals surface area contributed by atoms with Gasteiger partial charge in [0.25, 0.3) is 0 Å².